The molecule has 0 amide bonds. The van der Waals surface area contributed by atoms with Crippen molar-refractivity contribution >= 4 is 8.07 Å². The monoisotopic (exact) mass is 210 g/mol. The SMILES string of the molecule is C=CCCC/C=C/CCC[Si](C)(C)C. The summed E-state index contributed by atoms with van der Waals surface area (Å²) in [5.41, 5.74) is 0. The van der Waals surface area contributed by atoms with Crippen LogP contribution in [0.5, 0.6) is 0 Å². The lowest BCUT2D eigenvalue weighted by molar-refractivity contribution is 0.858. The zero-order chi connectivity index (χ0) is 10.9. The topological polar surface area (TPSA) is 0 Å². The summed E-state index contributed by atoms with van der Waals surface area (Å²) in [5, 5.41) is 0. The fourth-order valence-corrected chi connectivity index (χ4v) is 2.63. The van der Waals surface area contributed by atoms with E-state index in [9.17, 15) is 0 Å². The molecule has 0 fully saturated rings. The minimum absolute atomic E-state index is 0.786. The molecule has 0 N–H and O–H groups in total. The summed E-state index contributed by atoms with van der Waals surface area (Å²) in [6, 6.07) is 1.46. The Morgan fingerprint density at radius 2 is 1.50 bits per heavy atom. The van der Waals surface area contributed by atoms with E-state index in [0.717, 1.165) is 6.42 Å². The van der Waals surface area contributed by atoms with Crippen LogP contribution in [0, 0.1) is 0 Å². The third-order valence-corrected chi connectivity index (χ3v) is 4.10. The predicted molar refractivity (Wildman–Crippen MR) is 70.6 cm³/mol. The van der Waals surface area contributed by atoms with Gasteiger partial charge in [0.05, 0.1) is 0 Å². The van der Waals surface area contributed by atoms with Gasteiger partial charge in [-0.05, 0) is 25.7 Å². The third-order valence-electron chi connectivity index (χ3n) is 2.24. The number of rotatable bonds is 8. The average molecular weight is 210 g/mol. The molecule has 0 aliphatic heterocycles. The lowest BCUT2D eigenvalue weighted by Crippen LogP contribution is -2.18. The van der Waals surface area contributed by atoms with Gasteiger partial charge in [-0.1, -0.05) is 50.3 Å². The predicted octanol–water partition coefficient (Wildman–Crippen LogP) is 5.02. The molecule has 0 radical (unpaired) electrons. The Labute approximate surface area is 91.1 Å². The smallest absolute Gasteiger partial charge is 0.0442 e. The van der Waals surface area contributed by atoms with E-state index in [2.05, 4.69) is 38.4 Å². The number of unbranched alkanes of at least 4 members (excludes halogenated alkanes) is 3. The molecule has 14 heavy (non-hydrogen) atoms. The Morgan fingerprint density at radius 1 is 0.929 bits per heavy atom. The van der Waals surface area contributed by atoms with Crippen molar-refractivity contribution in [1.29, 1.82) is 0 Å². The van der Waals surface area contributed by atoms with Crippen LogP contribution in [0.1, 0.15) is 32.1 Å². The summed E-state index contributed by atoms with van der Waals surface area (Å²) in [4.78, 5) is 0. The lowest BCUT2D eigenvalue weighted by Gasteiger charge is -2.13. The van der Waals surface area contributed by atoms with Gasteiger partial charge in [0.25, 0.3) is 0 Å². The van der Waals surface area contributed by atoms with Crippen molar-refractivity contribution in [2.45, 2.75) is 57.8 Å². The highest BCUT2D eigenvalue weighted by molar-refractivity contribution is 6.76. The maximum atomic E-state index is 3.72. The minimum atomic E-state index is -0.786. The second-order valence-electron chi connectivity index (χ2n) is 5.14. The molecule has 0 heterocycles. The average Bonchev–Trinajstić information content (AvgIpc) is 2.08. The molecule has 0 aliphatic rings. The van der Waals surface area contributed by atoms with Gasteiger partial charge in [0, 0.05) is 8.07 Å². The van der Waals surface area contributed by atoms with Crippen LogP contribution in [0.2, 0.25) is 25.7 Å². The number of hydrogen-bond acceptors (Lipinski definition) is 0. The van der Waals surface area contributed by atoms with Gasteiger partial charge in [-0.25, -0.2) is 0 Å². The first-order valence-corrected chi connectivity index (χ1v) is 9.53. The zero-order valence-corrected chi connectivity index (χ0v) is 11.2. The van der Waals surface area contributed by atoms with E-state index in [4.69, 9.17) is 0 Å². The quantitative estimate of drug-likeness (QED) is 0.300. The molecule has 0 rings (SSSR count). The van der Waals surface area contributed by atoms with Crippen molar-refractivity contribution in [1.82, 2.24) is 0 Å². The van der Waals surface area contributed by atoms with Crippen LogP contribution in [0.25, 0.3) is 0 Å². The van der Waals surface area contributed by atoms with E-state index < -0.39 is 8.07 Å². The van der Waals surface area contributed by atoms with E-state index in [0.29, 0.717) is 0 Å². The molecule has 0 aromatic heterocycles. The van der Waals surface area contributed by atoms with Gasteiger partial charge < -0.3 is 0 Å². The molecule has 0 aliphatic carbocycles. The highest BCUT2D eigenvalue weighted by Gasteiger charge is 2.10. The van der Waals surface area contributed by atoms with Crippen molar-refractivity contribution in [3.63, 3.8) is 0 Å². The van der Waals surface area contributed by atoms with Gasteiger partial charge in [-0.2, -0.15) is 0 Å². The standard InChI is InChI=1S/C13H26Si/c1-5-6-7-8-9-10-11-12-13-14(2,3)4/h5,9-10H,1,6-8,11-13H2,2-4H3/b10-9+. The molecule has 0 aromatic carbocycles. The molecule has 0 saturated carbocycles. The van der Waals surface area contributed by atoms with Crippen molar-refractivity contribution in [3.05, 3.63) is 24.8 Å². The Hall–Kier alpha value is -0.303. The van der Waals surface area contributed by atoms with Gasteiger partial charge in [-0.15, -0.1) is 6.58 Å². The molecule has 0 bridgehead atoms. The van der Waals surface area contributed by atoms with Crippen molar-refractivity contribution in [2.24, 2.45) is 0 Å². The molecule has 82 valence electrons. The molecular weight excluding hydrogens is 184 g/mol. The van der Waals surface area contributed by atoms with E-state index in [1.807, 2.05) is 6.08 Å². The van der Waals surface area contributed by atoms with Gasteiger partial charge in [0.15, 0.2) is 0 Å². The summed E-state index contributed by atoms with van der Waals surface area (Å²) in [7, 11) is -0.786. The zero-order valence-electron chi connectivity index (χ0n) is 10.2. The Morgan fingerprint density at radius 3 is 2.00 bits per heavy atom. The molecule has 0 unspecified atom stereocenters. The normalized spacial score (nSPS) is 12.2. The van der Waals surface area contributed by atoms with Gasteiger partial charge in [0.1, 0.15) is 0 Å². The molecule has 0 nitrogen and oxygen atoms in total. The largest absolute Gasteiger partial charge is 0.103 e. The van der Waals surface area contributed by atoms with Crippen LogP contribution in [-0.2, 0) is 0 Å². The first-order chi connectivity index (χ1) is 6.56. The van der Waals surface area contributed by atoms with Crippen LogP contribution in [0.4, 0.5) is 0 Å². The summed E-state index contributed by atoms with van der Waals surface area (Å²) >= 11 is 0. The molecule has 0 saturated heterocycles. The second kappa shape index (κ2) is 8.04. The van der Waals surface area contributed by atoms with E-state index in [1.165, 1.54) is 31.7 Å². The van der Waals surface area contributed by atoms with Crippen molar-refractivity contribution in [3.8, 4) is 0 Å². The highest BCUT2D eigenvalue weighted by atomic mass is 28.3. The summed E-state index contributed by atoms with van der Waals surface area (Å²) in [6.07, 6.45) is 13.0. The van der Waals surface area contributed by atoms with Gasteiger partial charge in [-0.3, -0.25) is 0 Å². The van der Waals surface area contributed by atoms with Gasteiger partial charge >= 0.3 is 0 Å². The fourth-order valence-electron chi connectivity index (χ4n) is 1.37. The number of allylic oxidation sites excluding steroid dienone is 3. The lowest BCUT2D eigenvalue weighted by atomic mass is 10.2. The van der Waals surface area contributed by atoms with E-state index in [-0.39, 0.29) is 0 Å². The van der Waals surface area contributed by atoms with Gasteiger partial charge in [0.2, 0.25) is 0 Å². The summed E-state index contributed by atoms with van der Waals surface area (Å²) in [6.45, 7) is 11.1. The molecule has 0 atom stereocenters. The Kier molecular flexibility index (Phi) is 7.87. The maximum absolute atomic E-state index is 3.72. The Bertz CT molecular complexity index is 163. The first-order valence-electron chi connectivity index (χ1n) is 5.82. The third kappa shape index (κ3) is 11.7. The summed E-state index contributed by atoms with van der Waals surface area (Å²) < 4.78 is 0. The van der Waals surface area contributed by atoms with Crippen LogP contribution in [0.3, 0.4) is 0 Å². The summed E-state index contributed by atoms with van der Waals surface area (Å²) in [5.74, 6) is 0. The van der Waals surface area contributed by atoms with Crippen LogP contribution in [0.15, 0.2) is 24.8 Å². The van der Waals surface area contributed by atoms with E-state index >= 15 is 0 Å². The first kappa shape index (κ1) is 13.7. The Balaban J connectivity index is 3.23. The minimum Gasteiger partial charge on any atom is -0.103 e. The van der Waals surface area contributed by atoms with Crippen molar-refractivity contribution < 1.29 is 0 Å². The van der Waals surface area contributed by atoms with Crippen LogP contribution >= 0.6 is 0 Å². The van der Waals surface area contributed by atoms with Crippen LogP contribution < -0.4 is 0 Å². The fraction of sp³-hybridized carbons (Fsp3) is 0.692. The molecule has 0 spiro atoms. The van der Waals surface area contributed by atoms with Crippen molar-refractivity contribution in [2.75, 3.05) is 0 Å². The molecule has 0 aromatic rings. The maximum Gasteiger partial charge on any atom is 0.0442 e. The second-order valence-corrected chi connectivity index (χ2v) is 10.8. The molecule has 1 heteroatoms. The van der Waals surface area contributed by atoms with E-state index in [1.54, 1.807) is 0 Å². The molecular formula is C13H26Si. The van der Waals surface area contributed by atoms with Crippen LogP contribution in [-0.4, -0.2) is 8.07 Å². The number of hydrogen-bond donors (Lipinski definition) is 0. The highest BCUT2D eigenvalue weighted by Crippen LogP contribution is 2.13.